The van der Waals surface area contributed by atoms with E-state index in [1.165, 1.54) is 32.4 Å². The van der Waals surface area contributed by atoms with Gasteiger partial charge in [-0.25, -0.2) is 0 Å². The van der Waals surface area contributed by atoms with Crippen molar-refractivity contribution in [1.29, 1.82) is 0 Å². The standard InChI is InChI=1S/C9H17N.C2H6/c1-8-5-9(6-8)3-4-10(2)7-9;1-2/h8H,3-7H2,1-2H3;1-2H3. The average molecular weight is 169 g/mol. The molecule has 2 fully saturated rings. The van der Waals surface area contributed by atoms with Gasteiger partial charge in [-0.15, -0.1) is 0 Å². The summed E-state index contributed by atoms with van der Waals surface area (Å²) < 4.78 is 0. The van der Waals surface area contributed by atoms with Gasteiger partial charge in [0.15, 0.2) is 0 Å². The van der Waals surface area contributed by atoms with Crippen molar-refractivity contribution < 1.29 is 0 Å². The molecule has 1 saturated carbocycles. The fourth-order valence-electron chi connectivity index (χ4n) is 2.91. The minimum Gasteiger partial charge on any atom is -0.306 e. The van der Waals surface area contributed by atoms with Crippen LogP contribution in [-0.2, 0) is 0 Å². The second-order valence-corrected chi connectivity index (χ2v) is 4.50. The summed E-state index contributed by atoms with van der Waals surface area (Å²) in [5, 5.41) is 0. The fraction of sp³-hybridized carbons (Fsp3) is 1.00. The molecule has 72 valence electrons. The van der Waals surface area contributed by atoms with E-state index < -0.39 is 0 Å². The molecule has 1 heteroatoms. The molecule has 12 heavy (non-hydrogen) atoms. The molecule has 1 nitrogen and oxygen atoms in total. The van der Waals surface area contributed by atoms with E-state index in [2.05, 4.69) is 18.9 Å². The van der Waals surface area contributed by atoms with Crippen LogP contribution >= 0.6 is 0 Å². The zero-order chi connectivity index (χ0) is 9.19. The van der Waals surface area contributed by atoms with Crippen molar-refractivity contribution in [3.05, 3.63) is 0 Å². The molecule has 0 radical (unpaired) electrons. The SMILES string of the molecule is CC.CC1CC2(CCN(C)C2)C1. The van der Waals surface area contributed by atoms with E-state index in [9.17, 15) is 0 Å². The van der Waals surface area contributed by atoms with Crippen molar-refractivity contribution in [3.8, 4) is 0 Å². The van der Waals surface area contributed by atoms with Crippen molar-refractivity contribution in [3.63, 3.8) is 0 Å². The van der Waals surface area contributed by atoms with Crippen LogP contribution in [0.1, 0.15) is 40.0 Å². The molecule has 0 atom stereocenters. The molecule has 2 rings (SSSR count). The first-order valence-electron chi connectivity index (χ1n) is 5.39. The molecule has 1 spiro atoms. The number of hydrogen-bond donors (Lipinski definition) is 0. The molecule has 0 aromatic rings. The van der Waals surface area contributed by atoms with E-state index in [4.69, 9.17) is 0 Å². The molecular formula is C11H23N. The van der Waals surface area contributed by atoms with E-state index >= 15 is 0 Å². The Balaban J connectivity index is 0.000000336. The molecule has 0 amide bonds. The molecule has 0 aromatic carbocycles. The van der Waals surface area contributed by atoms with Crippen LogP contribution in [0.4, 0.5) is 0 Å². The summed E-state index contributed by atoms with van der Waals surface area (Å²) in [6.45, 7) is 9.09. The lowest BCUT2D eigenvalue weighted by molar-refractivity contribution is 0.0784. The Labute approximate surface area is 77.1 Å². The molecular weight excluding hydrogens is 146 g/mol. The van der Waals surface area contributed by atoms with Gasteiger partial charge in [-0.05, 0) is 44.2 Å². The summed E-state index contributed by atoms with van der Waals surface area (Å²) in [5.41, 5.74) is 0.786. The molecule has 0 unspecified atom stereocenters. The first-order chi connectivity index (χ1) is 5.70. The van der Waals surface area contributed by atoms with Gasteiger partial charge < -0.3 is 4.90 Å². The van der Waals surface area contributed by atoms with Gasteiger partial charge in [0, 0.05) is 6.54 Å². The van der Waals surface area contributed by atoms with Crippen molar-refractivity contribution in [1.82, 2.24) is 4.90 Å². The number of nitrogens with zero attached hydrogens (tertiary/aromatic N) is 1. The van der Waals surface area contributed by atoms with Crippen LogP contribution in [0.2, 0.25) is 0 Å². The third-order valence-electron chi connectivity index (χ3n) is 3.19. The third kappa shape index (κ3) is 1.82. The minimum atomic E-state index is 0.786. The van der Waals surface area contributed by atoms with Gasteiger partial charge in [0.05, 0.1) is 0 Å². The zero-order valence-corrected chi connectivity index (χ0v) is 9.06. The Hall–Kier alpha value is -0.0400. The highest BCUT2D eigenvalue weighted by Crippen LogP contribution is 2.50. The highest BCUT2D eigenvalue weighted by Gasteiger charge is 2.45. The summed E-state index contributed by atoms with van der Waals surface area (Å²) in [7, 11) is 2.25. The Morgan fingerprint density at radius 1 is 1.25 bits per heavy atom. The molecule has 0 bridgehead atoms. The predicted octanol–water partition coefficient (Wildman–Crippen LogP) is 2.76. The zero-order valence-electron chi connectivity index (χ0n) is 9.06. The molecule has 0 N–H and O–H groups in total. The summed E-state index contributed by atoms with van der Waals surface area (Å²) in [5.74, 6) is 1.02. The van der Waals surface area contributed by atoms with Crippen LogP contribution in [-0.4, -0.2) is 25.0 Å². The molecule has 2 aliphatic rings. The summed E-state index contributed by atoms with van der Waals surface area (Å²) in [6, 6.07) is 0. The lowest BCUT2D eigenvalue weighted by Crippen LogP contribution is -2.37. The van der Waals surface area contributed by atoms with Gasteiger partial charge in [-0.1, -0.05) is 20.8 Å². The molecule has 0 aromatic heterocycles. The maximum absolute atomic E-state index is 2.48. The predicted molar refractivity (Wildman–Crippen MR) is 54.3 cm³/mol. The monoisotopic (exact) mass is 169 g/mol. The smallest absolute Gasteiger partial charge is 0.00356 e. The normalized spacial score (nSPS) is 40.5. The van der Waals surface area contributed by atoms with Gasteiger partial charge in [0.1, 0.15) is 0 Å². The van der Waals surface area contributed by atoms with Crippen molar-refractivity contribution in [2.45, 2.75) is 40.0 Å². The second-order valence-electron chi connectivity index (χ2n) is 4.50. The topological polar surface area (TPSA) is 3.24 Å². The highest BCUT2D eigenvalue weighted by atomic mass is 15.1. The lowest BCUT2D eigenvalue weighted by Gasteiger charge is -2.43. The quantitative estimate of drug-likeness (QED) is 0.539. The average Bonchev–Trinajstić information content (AvgIpc) is 2.36. The fourth-order valence-corrected chi connectivity index (χ4v) is 2.91. The molecule has 1 saturated heterocycles. The van der Waals surface area contributed by atoms with Gasteiger partial charge >= 0.3 is 0 Å². The Morgan fingerprint density at radius 3 is 2.17 bits per heavy atom. The van der Waals surface area contributed by atoms with E-state index in [0.29, 0.717) is 0 Å². The maximum atomic E-state index is 2.48. The number of likely N-dealkylation sites (tertiary alicyclic amines) is 1. The van der Waals surface area contributed by atoms with E-state index in [1.807, 2.05) is 13.8 Å². The van der Waals surface area contributed by atoms with E-state index in [-0.39, 0.29) is 0 Å². The lowest BCUT2D eigenvalue weighted by atomic mass is 9.62. The van der Waals surface area contributed by atoms with Crippen molar-refractivity contribution in [2.24, 2.45) is 11.3 Å². The molecule has 1 heterocycles. The van der Waals surface area contributed by atoms with Gasteiger partial charge in [0.25, 0.3) is 0 Å². The largest absolute Gasteiger partial charge is 0.306 e. The van der Waals surface area contributed by atoms with E-state index in [1.54, 1.807) is 0 Å². The maximum Gasteiger partial charge on any atom is 0.00356 e. The summed E-state index contributed by atoms with van der Waals surface area (Å²) >= 11 is 0. The first-order valence-corrected chi connectivity index (χ1v) is 5.39. The van der Waals surface area contributed by atoms with Gasteiger partial charge in [-0.3, -0.25) is 0 Å². The number of hydrogen-bond acceptors (Lipinski definition) is 1. The second kappa shape index (κ2) is 3.78. The third-order valence-corrected chi connectivity index (χ3v) is 3.19. The van der Waals surface area contributed by atoms with Crippen LogP contribution in [0.25, 0.3) is 0 Å². The van der Waals surface area contributed by atoms with Crippen LogP contribution in [0.15, 0.2) is 0 Å². The number of rotatable bonds is 0. The Morgan fingerprint density at radius 2 is 1.83 bits per heavy atom. The Kier molecular flexibility index (Phi) is 3.16. The Bertz CT molecular complexity index is 130. The molecule has 1 aliphatic carbocycles. The molecule has 1 aliphatic heterocycles. The first kappa shape index (κ1) is 10.0. The van der Waals surface area contributed by atoms with Crippen molar-refractivity contribution in [2.75, 3.05) is 20.1 Å². The van der Waals surface area contributed by atoms with E-state index in [0.717, 1.165) is 11.3 Å². The van der Waals surface area contributed by atoms with Crippen LogP contribution < -0.4 is 0 Å². The summed E-state index contributed by atoms with van der Waals surface area (Å²) in [4.78, 5) is 2.48. The van der Waals surface area contributed by atoms with Crippen LogP contribution in [0.5, 0.6) is 0 Å². The van der Waals surface area contributed by atoms with Gasteiger partial charge in [-0.2, -0.15) is 0 Å². The van der Waals surface area contributed by atoms with Crippen LogP contribution in [0.3, 0.4) is 0 Å². The summed E-state index contributed by atoms with van der Waals surface area (Å²) in [6.07, 6.45) is 4.46. The van der Waals surface area contributed by atoms with Crippen molar-refractivity contribution >= 4 is 0 Å². The van der Waals surface area contributed by atoms with Gasteiger partial charge in [0.2, 0.25) is 0 Å². The minimum absolute atomic E-state index is 0.786. The van der Waals surface area contributed by atoms with Crippen LogP contribution in [0, 0.1) is 11.3 Å². The highest BCUT2D eigenvalue weighted by molar-refractivity contribution is 4.97.